The van der Waals surface area contributed by atoms with Crippen LogP contribution in [0.2, 0.25) is 0 Å². The van der Waals surface area contributed by atoms with E-state index in [-0.39, 0.29) is 0 Å². The lowest BCUT2D eigenvalue weighted by Crippen LogP contribution is -1.85. The first-order valence-corrected chi connectivity index (χ1v) is 4.06. The summed E-state index contributed by atoms with van der Waals surface area (Å²) in [5.74, 6) is 0.961. The van der Waals surface area contributed by atoms with Crippen molar-refractivity contribution in [3.8, 4) is 0 Å². The molecule has 1 aromatic heterocycles. The molecular formula is C8H11NS. The SMILES string of the molecule is SCCCc1ccncc1. The number of pyridine rings is 1. The molecule has 1 aromatic rings. The van der Waals surface area contributed by atoms with Gasteiger partial charge in [-0.15, -0.1) is 0 Å². The third-order valence-electron chi connectivity index (χ3n) is 1.37. The number of aromatic nitrogens is 1. The Morgan fingerprint density at radius 3 is 2.60 bits per heavy atom. The molecule has 0 aliphatic carbocycles. The Labute approximate surface area is 66.9 Å². The van der Waals surface area contributed by atoms with Crippen molar-refractivity contribution < 1.29 is 0 Å². The number of nitrogens with zero attached hydrogens (tertiary/aromatic N) is 1. The fraction of sp³-hybridized carbons (Fsp3) is 0.375. The predicted octanol–water partition coefficient (Wildman–Crippen LogP) is 1.94. The topological polar surface area (TPSA) is 12.9 Å². The molecule has 0 amide bonds. The van der Waals surface area contributed by atoms with Gasteiger partial charge in [-0.25, -0.2) is 0 Å². The molecule has 1 heterocycles. The molecule has 10 heavy (non-hydrogen) atoms. The highest BCUT2D eigenvalue weighted by Crippen LogP contribution is 2.00. The van der Waals surface area contributed by atoms with Gasteiger partial charge >= 0.3 is 0 Å². The third-order valence-corrected chi connectivity index (χ3v) is 1.69. The first-order valence-electron chi connectivity index (χ1n) is 3.43. The zero-order valence-corrected chi connectivity index (χ0v) is 6.72. The van der Waals surface area contributed by atoms with Crippen molar-refractivity contribution in [3.63, 3.8) is 0 Å². The second-order valence-corrected chi connectivity index (χ2v) is 2.63. The van der Waals surface area contributed by atoms with Crippen molar-refractivity contribution in [3.05, 3.63) is 30.1 Å². The van der Waals surface area contributed by atoms with Crippen LogP contribution in [0.3, 0.4) is 0 Å². The number of aryl methyl sites for hydroxylation is 1. The van der Waals surface area contributed by atoms with E-state index in [0.717, 1.165) is 18.6 Å². The van der Waals surface area contributed by atoms with Gasteiger partial charge < -0.3 is 0 Å². The lowest BCUT2D eigenvalue weighted by Gasteiger charge is -1.95. The normalized spacial score (nSPS) is 9.70. The van der Waals surface area contributed by atoms with E-state index >= 15 is 0 Å². The zero-order valence-electron chi connectivity index (χ0n) is 5.83. The monoisotopic (exact) mass is 153 g/mol. The molecule has 0 aliphatic rings. The van der Waals surface area contributed by atoms with Crippen LogP contribution >= 0.6 is 12.6 Å². The first kappa shape index (κ1) is 7.61. The zero-order chi connectivity index (χ0) is 7.23. The summed E-state index contributed by atoms with van der Waals surface area (Å²) >= 11 is 4.14. The van der Waals surface area contributed by atoms with E-state index in [1.807, 2.05) is 24.5 Å². The first-order chi connectivity index (χ1) is 4.93. The average Bonchev–Trinajstić information content (AvgIpc) is 2.03. The summed E-state index contributed by atoms with van der Waals surface area (Å²) in [6.45, 7) is 0. The molecule has 0 atom stereocenters. The molecular weight excluding hydrogens is 142 g/mol. The summed E-state index contributed by atoms with van der Waals surface area (Å²) in [6.07, 6.45) is 5.92. The van der Waals surface area contributed by atoms with Crippen LogP contribution in [0.15, 0.2) is 24.5 Å². The average molecular weight is 153 g/mol. The maximum absolute atomic E-state index is 4.14. The van der Waals surface area contributed by atoms with Crippen molar-refractivity contribution in [2.24, 2.45) is 0 Å². The quantitative estimate of drug-likeness (QED) is 0.655. The maximum Gasteiger partial charge on any atom is 0.0270 e. The van der Waals surface area contributed by atoms with Gasteiger partial charge in [0.15, 0.2) is 0 Å². The van der Waals surface area contributed by atoms with Crippen LogP contribution < -0.4 is 0 Å². The molecule has 0 radical (unpaired) electrons. The largest absolute Gasteiger partial charge is 0.265 e. The van der Waals surface area contributed by atoms with Crippen molar-refractivity contribution in [2.45, 2.75) is 12.8 Å². The molecule has 0 spiro atoms. The molecule has 0 aromatic carbocycles. The molecule has 0 saturated heterocycles. The van der Waals surface area contributed by atoms with Gasteiger partial charge in [0.05, 0.1) is 0 Å². The van der Waals surface area contributed by atoms with E-state index in [9.17, 15) is 0 Å². The summed E-state index contributed by atoms with van der Waals surface area (Å²) in [7, 11) is 0. The molecule has 1 rings (SSSR count). The van der Waals surface area contributed by atoms with Crippen LogP contribution in [0.4, 0.5) is 0 Å². The maximum atomic E-state index is 4.14. The molecule has 0 saturated carbocycles. The molecule has 0 aliphatic heterocycles. The lowest BCUT2D eigenvalue weighted by atomic mass is 10.2. The summed E-state index contributed by atoms with van der Waals surface area (Å²) in [4.78, 5) is 3.93. The van der Waals surface area contributed by atoms with Gasteiger partial charge in [-0.2, -0.15) is 12.6 Å². The summed E-state index contributed by atoms with van der Waals surface area (Å²) in [5, 5.41) is 0. The lowest BCUT2D eigenvalue weighted by molar-refractivity contribution is 0.932. The van der Waals surface area contributed by atoms with Gasteiger partial charge in [0.25, 0.3) is 0 Å². The van der Waals surface area contributed by atoms with E-state index in [4.69, 9.17) is 0 Å². The summed E-state index contributed by atoms with van der Waals surface area (Å²) < 4.78 is 0. The minimum absolute atomic E-state index is 0.961. The molecule has 0 N–H and O–H groups in total. The van der Waals surface area contributed by atoms with E-state index in [2.05, 4.69) is 17.6 Å². The summed E-state index contributed by atoms with van der Waals surface area (Å²) in [5.41, 5.74) is 1.35. The van der Waals surface area contributed by atoms with Gasteiger partial charge in [0.2, 0.25) is 0 Å². The minimum atomic E-state index is 0.961. The van der Waals surface area contributed by atoms with Gasteiger partial charge in [-0.3, -0.25) is 4.98 Å². The Balaban J connectivity index is 2.43. The van der Waals surface area contributed by atoms with Crippen LogP contribution in [0.25, 0.3) is 0 Å². The Morgan fingerprint density at radius 2 is 2.00 bits per heavy atom. The standard InChI is InChI=1S/C8H11NS/c10-7-1-2-8-3-5-9-6-4-8/h3-6,10H,1-2,7H2. The van der Waals surface area contributed by atoms with E-state index in [1.165, 1.54) is 5.56 Å². The minimum Gasteiger partial charge on any atom is -0.265 e. The van der Waals surface area contributed by atoms with Gasteiger partial charge in [0, 0.05) is 12.4 Å². The highest BCUT2D eigenvalue weighted by atomic mass is 32.1. The smallest absolute Gasteiger partial charge is 0.0270 e. The highest BCUT2D eigenvalue weighted by molar-refractivity contribution is 7.80. The van der Waals surface area contributed by atoms with Crippen LogP contribution in [0.1, 0.15) is 12.0 Å². The van der Waals surface area contributed by atoms with Crippen molar-refractivity contribution in [1.29, 1.82) is 0 Å². The van der Waals surface area contributed by atoms with E-state index in [0.29, 0.717) is 0 Å². The van der Waals surface area contributed by atoms with Gasteiger partial charge in [0.1, 0.15) is 0 Å². The van der Waals surface area contributed by atoms with Crippen molar-refractivity contribution >= 4 is 12.6 Å². The fourth-order valence-corrected chi connectivity index (χ4v) is 0.991. The van der Waals surface area contributed by atoms with Crippen LogP contribution in [0, 0.1) is 0 Å². The van der Waals surface area contributed by atoms with Crippen molar-refractivity contribution in [2.75, 3.05) is 5.75 Å². The molecule has 1 nitrogen and oxygen atoms in total. The number of hydrogen-bond acceptors (Lipinski definition) is 2. The Hall–Kier alpha value is -0.500. The molecule has 2 heteroatoms. The number of rotatable bonds is 3. The Kier molecular flexibility index (Phi) is 3.30. The van der Waals surface area contributed by atoms with Gasteiger partial charge in [-0.1, -0.05) is 0 Å². The van der Waals surface area contributed by atoms with Crippen molar-refractivity contribution in [1.82, 2.24) is 4.98 Å². The van der Waals surface area contributed by atoms with Crippen LogP contribution in [0.5, 0.6) is 0 Å². The number of hydrogen-bond donors (Lipinski definition) is 1. The van der Waals surface area contributed by atoms with E-state index < -0.39 is 0 Å². The fourth-order valence-electron chi connectivity index (χ4n) is 0.833. The van der Waals surface area contributed by atoms with Crippen LogP contribution in [-0.4, -0.2) is 10.7 Å². The molecule has 0 fully saturated rings. The predicted molar refractivity (Wildman–Crippen MR) is 46.4 cm³/mol. The summed E-state index contributed by atoms with van der Waals surface area (Å²) in [6, 6.07) is 4.09. The highest BCUT2D eigenvalue weighted by Gasteiger charge is 1.88. The third kappa shape index (κ3) is 2.40. The van der Waals surface area contributed by atoms with E-state index in [1.54, 1.807) is 0 Å². The molecule has 0 unspecified atom stereocenters. The second kappa shape index (κ2) is 4.34. The molecule has 54 valence electrons. The second-order valence-electron chi connectivity index (χ2n) is 2.18. The Morgan fingerprint density at radius 1 is 1.30 bits per heavy atom. The molecule has 0 bridgehead atoms. The van der Waals surface area contributed by atoms with Crippen LogP contribution in [-0.2, 0) is 6.42 Å². The Bertz CT molecular complexity index is 174. The number of thiol groups is 1. The van der Waals surface area contributed by atoms with Gasteiger partial charge in [-0.05, 0) is 36.3 Å².